The lowest BCUT2D eigenvalue weighted by Gasteiger charge is -2.13. The van der Waals surface area contributed by atoms with Crippen LogP contribution in [0.4, 0.5) is 15.8 Å². The Balaban J connectivity index is 2.19. The molecule has 1 amide bonds. The van der Waals surface area contributed by atoms with Gasteiger partial charge < -0.3 is 15.8 Å². The predicted molar refractivity (Wildman–Crippen MR) is 73.4 cm³/mol. The van der Waals surface area contributed by atoms with Gasteiger partial charge in [0.25, 0.3) is 11.6 Å². The molecule has 2 unspecified atom stereocenters. The highest BCUT2D eigenvalue weighted by Gasteiger charge is 2.29. The standard InChI is InChI=1S/C13H16FN3O4/c1-21-8-3-2-7(4-8)16-13(18)9-5-11(15)10(14)6-12(9)17(19)20/h5-8H,2-4,15H2,1H3,(H,16,18). The second-order valence-corrected chi connectivity index (χ2v) is 4.99. The van der Waals surface area contributed by atoms with Crippen molar-refractivity contribution in [3.63, 3.8) is 0 Å². The molecule has 7 nitrogen and oxygen atoms in total. The van der Waals surface area contributed by atoms with E-state index in [1.54, 1.807) is 7.11 Å². The van der Waals surface area contributed by atoms with Gasteiger partial charge in [-0.3, -0.25) is 14.9 Å². The number of hydrogen-bond donors (Lipinski definition) is 2. The molecule has 21 heavy (non-hydrogen) atoms. The van der Waals surface area contributed by atoms with Crippen molar-refractivity contribution < 1.29 is 18.8 Å². The fourth-order valence-corrected chi connectivity index (χ4v) is 2.46. The summed E-state index contributed by atoms with van der Waals surface area (Å²) in [5.74, 6) is -1.55. The van der Waals surface area contributed by atoms with Crippen molar-refractivity contribution in [2.75, 3.05) is 12.8 Å². The maximum absolute atomic E-state index is 13.3. The van der Waals surface area contributed by atoms with Crippen molar-refractivity contribution in [3.8, 4) is 0 Å². The van der Waals surface area contributed by atoms with Crippen LogP contribution in [0.25, 0.3) is 0 Å². The second-order valence-electron chi connectivity index (χ2n) is 4.99. The van der Waals surface area contributed by atoms with Crippen LogP contribution in [0.2, 0.25) is 0 Å². The molecule has 1 aromatic rings. The van der Waals surface area contributed by atoms with Crippen LogP contribution in [0.5, 0.6) is 0 Å². The molecule has 1 aliphatic rings. The van der Waals surface area contributed by atoms with Gasteiger partial charge in [0.2, 0.25) is 0 Å². The number of hydrogen-bond acceptors (Lipinski definition) is 5. The van der Waals surface area contributed by atoms with Crippen molar-refractivity contribution in [3.05, 3.63) is 33.6 Å². The van der Waals surface area contributed by atoms with Gasteiger partial charge in [0, 0.05) is 13.2 Å². The first kappa shape index (κ1) is 15.2. The molecular weight excluding hydrogens is 281 g/mol. The summed E-state index contributed by atoms with van der Waals surface area (Å²) in [7, 11) is 1.60. The number of nitrogen functional groups attached to an aromatic ring is 1. The minimum atomic E-state index is -0.918. The number of nitrogens with zero attached hydrogens (tertiary/aromatic N) is 1. The zero-order valence-electron chi connectivity index (χ0n) is 11.5. The largest absolute Gasteiger partial charge is 0.396 e. The summed E-state index contributed by atoms with van der Waals surface area (Å²) >= 11 is 0. The minimum Gasteiger partial charge on any atom is -0.396 e. The first-order chi connectivity index (χ1) is 9.92. The van der Waals surface area contributed by atoms with Gasteiger partial charge in [-0.2, -0.15) is 0 Å². The molecule has 2 atom stereocenters. The van der Waals surface area contributed by atoms with E-state index in [1.807, 2.05) is 0 Å². The Bertz CT molecular complexity index is 579. The number of carbonyl (C=O) groups excluding carboxylic acids is 1. The quantitative estimate of drug-likeness (QED) is 0.499. The summed E-state index contributed by atoms with van der Waals surface area (Å²) in [6, 6.07) is 1.54. The van der Waals surface area contributed by atoms with E-state index in [1.165, 1.54) is 0 Å². The van der Waals surface area contributed by atoms with Gasteiger partial charge in [0.05, 0.1) is 22.8 Å². The summed E-state index contributed by atoms with van der Waals surface area (Å²) in [5, 5.41) is 13.6. The van der Waals surface area contributed by atoms with E-state index in [0.29, 0.717) is 12.5 Å². The van der Waals surface area contributed by atoms with Gasteiger partial charge >= 0.3 is 0 Å². The molecule has 0 aromatic heterocycles. The summed E-state index contributed by atoms with van der Waals surface area (Å²) in [6.45, 7) is 0. The van der Waals surface area contributed by atoms with Crippen LogP contribution in [0, 0.1) is 15.9 Å². The van der Waals surface area contributed by atoms with E-state index >= 15 is 0 Å². The third kappa shape index (κ3) is 3.27. The third-order valence-electron chi connectivity index (χ3n) is 3.61. The number of ether oxygens (including phenoxy) is 1. The predicted octanol–water partition coefficient (Wildman–Crippen LogP) is 1.61. The van der Waals surface area contributed by atoms with Crippen molar-refractivity contribution in [2.24, 2.45) is 0 Å². The Morgan fingerprint density at radius 1 is 1.52 bits per heavy atom. The highest BCUT2D eigenvalue weighted by molar-refractivity contribution is 5.99. The zero-order valence-corrected chi connectivity index (χ0v) is 11.5. The van der Waals surface area contributed by atoms with Crippen LogP contribution >= 0.6 is 0 Å². The van der Waals surface area contributed by atoms with E-state index in [4.69, 9.17) is 10.5 Å². The molecule has 1 saturated carbocycles. The Hall–Kier alpha value is -2.22. The Morgan fingerprint density at radius 2 is 2.24 bits per heavy atom. The van der Waals surface area contributed by atoms with Gasteiger partial charge in [-0.15, -0.1) is 0 Å². The summed E-state index contributed by atoms with van der Waals surface area (Å²) < 4.78 is 18.5. The molecule has 1 aromatic carbocycles. The maximum atomic E-state index is 13.3. The highest BCUT2D eigenvalue weighted by Crippen LogP contribution is 2.26. The van der Waals surface area contributed by atoms with E-state index in [0.717, 1.165) is 18.9 Å². The fourth-order valence-electron chi connectivity index (χ4n) is 2.46. The molecule has 8 heteroatoms. The van der Waals surface area contributed by atoms with Crippen LogP contribution in [-0.2, 0) is 4.74 Å². The smallest absolute Gasteiger partial charge is 0.285 e. The van der Waals surface area contributed by atoms with Crippen molar-refractivity contribution in [1.82, 2.24) is 5.32 Å². The Labute approximate surface area is 120 Å². The topological polar surface area (TPSA) is 107 Å². The molecule has 0 spiro atoms. The number of carbonyl (C=O) groups is 1. The number of amides is 1. The minimum absolute atomic E-state index is 0.0728. The highest BCUT2D eigenvalue weighted by atomic mass is 19.1. The molecular formula is C13H16FN3O4. The van der Waals surface area contributed by atoms with Gasteiger partial charge in [-0.25, -0.2) is 4.39 Å². The number of nitrogens with two attached hydrogens (primary N) is 1. The molecule has 2 rings (SSSR count). The van der Waals surface area contributed by atoms with E-state index in [2.05, 4.69) is 5.32 Å². The summed E-state index contributed by atoms with van der Waals surface area (Å²) in [4.78, 5) is 22.3. The Morgan fingerprint density at radius 3 is 2.81 bits per heavy atom. The lowest BCUT2D eigenvalue weighted by Crippen LogP contribution is -2.33. The number of nitro benzene ring substituents is 1. The van der Waals surface area contributed by atoms with Crippen molar-refractivity contribution >= 4 is 17.3 Å². The zero-order chi connectivity index (χ0) is 15.6. The fraction of sp³-hybridized carbons (Fsp3) is 0.462. The van der Waals surface area contributed by atoms with Crippen LogP contribution in [0.1, 0.15) is 29.6 Å². The number of halogens is 1. The second kappa shape index (κ2) is 6.04. The average molecular weight is 297 g/mol. The van der Waals surface area contributed by atoms with Gasteiger partial charge in [-0.05, 0) is 25.3 Å². The Kier molecular flexibility index (Phi) is 4.37. The van der Waals surface area contributed by atoms with Crippen molar-refractivity contribution in [2.45, 2.75) is 31.4 Å². The number of nitro groups is 1. The van der Waals surface area contributed by atoms with Crippen molar-refractivity contribution in [1.29, 1.82) is 0 Å². The molecule has 0 saturated heterocycles. The lowest BCUT2D eigenvalue weighted by molar-refractivity contribution is -0.385. The molecule has 1 aliphatic carbocycles. The molecule has 0 aliphatic heterocycles. The first-order valence-electron chi connectivity index (χ1n) is 6.49. The summed E-state index contributed by atoms with van der Waals surface area (Å²) in [6.07, 6.45) is 2.26. The van der Waals surface area contributed by atoms with Gasteiger partial charge in [0.15, 0.2) is 5.82 Å². The summed E-state index contributed by atoms with van der Waals surface area (Å²) in [5.41, 5.74) is 4.25. The molecule has 0 bridgehead atoms. The number of methoxy groups -OCH3 is 1. The molecule has 114 valence electrons. The van der Waals surface area contributed by atoms with E-state index < -0.39 is 22.3 Å². The van der Waals surface area contributed by atoms with E-state index in [9.17, 15) is 19.3 Å². The number of benzene rings is 1. The van der Waals surface area contributed by atoms with Crippen LogP contribution < -0.4 is 11.1 Å². The molecule has 1 fully saturated rings. The monoisotopic (exact) mass is 297 g/mol. The van der Waals surface area contributed by atoms with Gasteiger partial charge in [-0.1, -0.05) is 0 Å². The SMILES string of the molecule is COC1CCC(NC(=O)c2cc(N)c(F)cc2[N+](=O)[O-])C1. The van der Waals surface area contributed by atoms with Gasteiger partial charge in [0.1, 0.15) is 5.56 Å². The average Bonchev–Trinajstić information content (AvgIpc) is 2.88. The number of nitrogens with one attached hydrogen (secondary N) is 1. The number of rotatable bonds is 4. The van der Waals surface area contributed by atoms with Crippen LogP contribution in [0.15, 0.2) is 12.1 Å². The lowest BCUT2D eigenvalue weighted by atomic mass is 10.1. The normalized spacial score (nSPS) is 21.2. The first-order valence-corrected chi connectivity index (χ1v) is 6.49. The van der Waals surface area contributed by atoms with Crippen LogP contribution in [-0.4, -0.2) is 30.1 Å². The van der Waals surface area contributed by atoms with Crippen LogP contribution in [0.3, 0.4) is 0 Å². The maximum Gasteiger partial charge on any atom is 0.285 e. The molecule has 0 radical (unpaired) electrons. The molecule has 3 N–H and O–H groups in total. The molecule has 0 heterocycles. The third-order valence-corrected chi connectivity index (χ3v) is 3.61. The van der Waals surface area contributed by atoms with E-state index in [-0.39, 0.29) is 23.4 Å². The number of anilines is 1.